The summed E-state index contributed by atoms with van der Waals surface area (Å²) in [6, 6.07) is 9.99. The number of hydrogen-bond donors (Lipinski definition) is 2. The van der Waals surface area contributed by atoms with E-state index >= 15 is 0 Å². The minimum absolute atomic E-state index is 0.0250. The van der Waals surface area contributed by atoms with E-state index in [4.69, 9.17) is 0 Å². The van der Waals surface area contributed by atoms with Crippen molar-refractivity contribution in [3.63, 3.8) is 0 Å². The lowest BCUT2D eigenvalue weighted by molar-refractivity contribution is -0.116. The maximum Gasteiger partial charge on any atom is 0.244 e. The second kappa shape index (κ2) is 9.09. The third-order valence-corrected chi connectivity index (χ3v) is 7.78. The van der Waals surface area contributed by atoms with E-state index in [0.29, 0.717) is 18.4 Å². The fraction of sp³-hybridized carbons (Fsp3) is 0.593. The molecule has 4 atom stereocenters. The topological polar surface area (TPSA) is 49.3 Å². The van der Waals surface area contributed by atoms with Crippen LogP contribution in [-0.2, 0) is 11.3 Å². The molecule has 0 unspecified atom stereocenters. The number of carbonyl (C=O) groups excluding carboxylic acids is 1. The van der Waals surface area contributed by atoms with Crippen molar-refractivity contribution in [3.05, 3.63) is 59.7 Å². The van der Waals surface area contributed by atoms with Crippen LogP contribution in [0.1, 0.15) is 71.8 Å². The zero-order valence-corrected chi connectivity index (χ0v) is 19.2. The number of nitrogens with one attached hydrogen (secondary N) is 1. The Morgan fingerprint density at radius 3 is 2.63 bits per heavy atom. The molecule has 0 aliphatic heterocycles. The summed E-state index contributed by atoms with van der Waals surface area (Å²) in [6.07, 6.45) is 7.56. The number of rotatable bonds is 6. The van der Waals surface area contributed by atoms with Crippen molar-refractivity contribution in [2.45, 2.75) is 78.9 Å². The third-order valence-electron chi connectivity index (χ3n) is 7.78. The highest BCUT2D eigenvalue weighted by atomic mass is 16.3. The molecule has 2 N–H and O–H groups in total. The molecule has 2 aliphatic carbocycles. The molecule has 0 radical (unpaired) electrons. The first-order chi connectivity index (χ1) is 14.1. The molecule has 3 nitrogen and oxygen atoms in total. The minimum atomic E-state index is -0.146. The van der Waals surface area contributed by atoms with E-state index in [2.05, 4.69) is 39.6 Å². The van der Waals surface area contributed by atoms with Gasteiger partial charge < -0.3 is 10.4 Å². The van der Waals surface area contributed by atoms with E-state index in [1.165, 1.54) is 5.57 Å². The van der Waals surface area contributed by atoms with E-state index < -0.39 is 0 Å². The normalized spacial score (nSPS) is 31.2. The summed E-state index contributed by atoms with van der Waals surface area (Å²) in [4.78, 5) is 12.4. The molecule has 1 aromatic carbocycles. The SMILES string of the molecule is C=C1C(C)(C)C[C@H]2C[C@H](O)CC[C@@H]2[C@@]1(C)CC/C(C)=C/C(=O)NCc1ccccc1. The molecule has 3 rings (SSSR count). The van der Waals surface area contributed by atoms with Crippen LogP contribution in [0.3, 0.4) is 0 Å². The molecule has 0 bridgehead atoms. The lowest BCUT2D eigenvalue weighted by Crippen LogP contribution is -2.48. The molecule has 0 aromatic heterocycles. The van der Waals surface area contributed by atoms with Gasteiger partial charge in [0.15, 0.2) is 0 Å². The van der Waals surface area contributed by atoms with Crippen LogP contribution in [0.15, 0.2) is 54.1 Å². The molecular weight excluding hydrogens is 370 g/mol. The van der Waals surface area contributed by atoms with Gasteiger partial charge in [-0.1, -0.05) is 68.8 Å². The predicted octanol–water partition coefficient (Wildman–Crippen LogP) is 5.80. The Morgan fingerprint density at radius 1 is 1.23 bits per heavy atom. The fourth-order valence-corrected chi connectivity index (χ4v) is 6.00. The van der Waals surface area contributed by atoms with E-state index in [9.17, 15) is 9.90 Å². The van der Waals surface area contributed by atoms with Crippen molar-refractivity contribution in [2.24, 2.45) is 22.7 Å². The van der Waals surface area contributed by atoms with Crippen molar-refractivity contribution in [1.29, 1.82) is 0 Å². The minimum Gasteiger partial charge on any atom is -0.393 e. The van der Waals surface area contributed by atoms with Gasteiger partial charge in [-0.2, -0.15) is 0 Å². The first kappa shape index (κ1) is 22.8. The summed E-state index contributed by atoms with van der Waals surface area (Å²) in [5.41, 5.74) is 3.73. The molecule has 1 aromatic rings. The van der Waals surface area contributed by atoms with E-state index in [1.54, 1.807) is 6.08 Å². The number of hydrogen-bond acceptors (Lipinski definition) is 2. The van der Waals surface area contributed by atoms with Crippen LogP contribution in [0, 0.1) is 22.7 Å². The van der Waals surface area contributed by atoms with E-state index in [0.717, 1.165) is 49.7 Å². The molecule has 0 saturated heterocycles. The average molecular weight is 410 g/mol. The van der Waals surface area contributed by atoms with Crippen LogP contribution in [0.2, 0.25) is 0 Å². The zero-order chi connectivity index (χ0) is 21.9. The van der Waals surface area contributed by atoms with Crippen molar-refractivity contribution in [2.75, 3.05) is 0 Å². The largest absolute Gasteiger partial charge is 0.393 e. The van der Waals surface area contributed by atoms with Crippen molar-refractivity contribution in [3.8, 4) is 0 Å². The number of allylic oxidation sites excluding steroid dienone is 2. The molecule has 2 saturated carbocycles. The van der Waals surface area contributed by atoms with Gasteiger partial charge in [0.2, 0.25) is 5.91 Å². The van der Waals surface area contributed by atoms with E-state index in [-0.39, 0.29) is 22.8 Å². The van der Waals surface area contributed by atoms with E-state index in [1.807, 2.05) is 30.3 Å². The smallest absolute Gasteiger partial charge is 0.244 e. The standard InChI is InChI=1S/C27H39NO2/c1-19(15-25(30)28-18-21-9-7-6-8-10-21)13-14-27(5)20(2)26(3,4)17-22-16-23(29)11-12-24(22)27/h6-10,15,22-24,29H,2,11-14,16-18H2,1,3-5H3,(H,28,30)/b19-15+/t22-,23-,24+,27+/m1/s1. The van der Waals surface area contributed by atoms with Crippen LogP contribution >= 0.6 is 0 Å². The molecule has 2 aliphatic rings. The number of aliphatic hydroxyl groups is 1. The van der Waals surface area contributed by atoms with Crippen LogP contribution in [0.5, 0.6) is 0 Å². The van der Waals surface area contributed by atoms with Crippen molar-refractivity contribution >= 4 is 5.91 Å². The summed E-state index contributed by atoms with van der Waals surface area (Å²) < 4.78 is 0. The monoisotopic (exact) mass is 409 g/mol. The first-order valence-corrected chi connectivity index (χ1v) is 11.5. The summed E-state index contributed by atoms with van der Waals surface area (Å²) >= 11 is 0. The molecule has 30 heavy (non-hydrogen) atoms. The third kappa shape index (κ3) is 5.06. The van der Waals surface area contributed by atoms with Crippen molar-refractivity contribution < 1.29 is 9.90 Å². The Kier molecular flexibility index (Phi) is 6.91. The van der Waals surface area contributed by atoms with Crippen LogP contribution in [0.25, 0.3) is 0 Å². The Labute approximate surface area is 182 Å². The molecule has 0 heterocycles. The summed E-state index contributed by atoms with van der Waals surface area (Å²) in [5, 5.41) is 13.2. The van der Waals surface area contributed by atoms with Gasteiger partial charge in [0.25, 0.3) is 0 Å². The van der Waals surface area contributed by atoms with Gasteiger partial charge in [-0.05, 0) is 73.7 Å². The first-order valence-electron chi connectivity index (χ1n) is 11.5. The molecule has 164 valence electrons. The molecular formula is C27H39NO2. The Balaban J connectivity index is 1.63. The van der Waals surface area contributed by atoms with Crippen molar-refractivity contribution in [1.82, 2.24) is 5.32 Å². The fourth-order valence-electron chi connectivity index (χ4n) is 6.00. The number of carbonyl (C=O) groups is 1. The Morgan fingerprint density at radius 2 is 1.93 bits per heavy atom. The second-order valence-electron chi connectivity index (χ2n) is 10.5. The van der Waals surface area contributed by atoms with Gasteiger partial charge in [-0.25, -0.2) is 0 Å². The van der Waals surface area contributed by atoms with Gasteiger partial charge in [-0.3, -0.25) is 4.79 Å². The summed E-state index contributed by atoms with van der Waals surface area (Å²) in [7, 11) is 0. The highest BCUT2D eigenvalue weighted by Crippen LogP contribution is 2.61. The number of aliphatic hydroxyl groups excluding tert-OH is 1. The highest BCUT2D eigenvalue weighted by Gasteiger charge is 2.52. The average Bonchev–Trinajstić information content (AvgIpc) is 2.70. The lowest BCUT2D eigenvalue weighted by Gasteiger charge is -2.57. The maximum absolute atomic E-state index is 12.4. The Hall–Kier alpha value is -1.87. The second-order valence-corrected chi connectivity index (χ2v) is 10.5. The quantitative estimate of drug-likeness (QED) is 0.461. The molecule has 0 spiro atoms. The van der Waals surface area contributed by atoms with Gasteiger partial charge in [0.1, 0.15) is 0 Å². The molecule has 2 fully saturated rings. The molecule has 3 heteroatoms. The summed E-state index contributed by atoms with van der Waals surface area (Å²) in [5.74, 6) is 1.13. The maximum atomic E-state index is 12.4. The van der Waals surface area contributed by atoms with Gasteiger partial charge >= 0.3 is 0 Å². The highest BCUT2D eigenvalue weighted by molar-refractivity contribution is 5.88. The number of fused-ring (bicyclic) bond motifs is 1. The Bertz CT molecular complexity index is 794. The van der Waals surface area contributed by atoms with Gasteiger partial charge in [0.05, 0.1) is 6.10 Å². The van der Waals surface area contributed by atoms with Gasteiger partial charge in [-0.15, -0.1) is 0 Å². The zero-order valence-electron chi connectivity index (χ0n) is 19.2. The van der Waals surface area contributed by atoms with Crippen LogP contribution in [-0.4, -0.2) is 17.1 Å². The van der Waals surface area contributed by atoms with Crippen LogP contribution in [0.4, 0.5) is 0 Å². The predicted molar refractivity (Wildman–Crippen MR) is 124 cm³/mol. The number of benzene rings is 1. The van der Waals surface area contributed by atoms with Crippen LogP contribution < -0.4 is 5.32 Å². The number of amides is 1. The van der Waals surface area contributed by atoms with Gasteiger partial charge in [0, 0.05) is 12.6 Å². The summed E-state index contributed by atoms with van der Waals surface area (Å²) in [6.45, 7) is 14.2. The lowest BCUT2D eigenvalue weighted by atomic mass is 9.48. The molecule has 1 amide bonds.